The Morgan fingerprint density at radius 3 is 2.75 bits per heavy atom. The Morgan fingerprint density at radius 2 is 2.19 bits per heavy atom. The zero-order valence-corrected chi connectivity index (χ0v) is 9.80. The van der Waals surface area contributed by atoms with E-state index in [0.717, 1.165) is 15.8 Å². The van der Waals surface area contributed by atoms with Crippen LogP contribution in [-0.4, -0.2) is 21.4 Å². The third-order valence-corrected chi connectivity index (χ3v) is 3.59. The first-order chi connectivity index (χ1) is 7.50. The summed E-state index contributed by atoms with van der Waals surface area (Å²) in [5, 5.41) is 11.6. The second-order valence-electron chi connectivity index (χ2n) is 3.72. The molecule has 16 heavy (non-hydrogen) atoms. The van der Waals surface area contributed by atoms with Crippen LogP contribution in [0.15, 0.2) is 11.6 Å². The van der Waals surface area contributed by atoms with Gasteiger partial charge in [0.2, 0.25) is 0 Å². The van der Waals surface area contributed by atoms with Crippen LogP contribution in [0.5, 0.6) is 0 Å². The van der Waals surface area contributed by atoms with E-state index in [4.69, 9.17) is 5.11 Å². The van der Waals surface area contributed by atoms with Gasteiger partial charge in [0.05, 0.1) is 0 Å². The first-order valence-electron chi connectivity index (χ1n) is 4.80. The van der Waals surface area contributed by atoms with Crippen molar-refractivity contribution >= 4 is 33.3 Å². The zero-order valence-electron chi connectivity index (χ0n) is 8.98. The maximum Gasteiger partial charge on any atom is 0.323 e. The molecular weight excluding hydrogens is 226 g/mol. The smallest absolute Gasteiger partial charge is 0.323 e. The number of carbonyl (C=O) groups is 2. The topological polar surface area (TPSA) is 59.3 Å². The van der Waals surface area contributed by atoms with E-state index in [1.165, 1.54) is 18.3 Å². The molecule has 0 bridgehead atoms. The molecule has 0 atom stereocenters. The average molecular weight is 237 g/mol. The van der Waals surface area contributed by atoms with Gasteiger partial charge in [0.1, 0.15) is 11.4 Å². The highest BCUT2D eigenvalue weighted by Crippen LogP contribution is 2.30. The van der Waals surface area contributed by atoms with E-state index in [1.54, 1.807) is 10.8 Å². The van der Waals surface area contributed by atoms with Crippen LogP contribution in [0, 0.1) is 6.92 Å². The van der Waals surface area contributed by atoms with Crippen LogP contribution in [0.4, 0.5) is 0 Å². The summed E-state index contributed by atoms with van der Waals surface area (Å²) in [6.07, 6.45) is 1.63. The normalized spacial score (nSPS) is 10.9. The number of carboxylic acids is 1. The molecule has 1 N–H and O–H groups in total. The first kappa shape index (κ1) is 10.9. The molecule has 84 valence electrons. The van der Waals surface area contributed by atoms with Gasteiger partial charge in [0.15, 0.2) is 5.78 Å². The highest BCUT2D eigenvalue weighted by molar-refractivity contribution is 7.17. The van der Waals surface area contributed by atoms with Crippen LogP contribution < -0.4 is 0 Å². The average Bonchev–Trinajstić information content (AvgIpc) is 2.68. The van der Waals surface area contributed by atoms with Gasteiger partial charge < -0.3 is 9.67 Å². The van der Waals surface area contributed by atoms with Crippen molar-refractivity contribution < 1.29 is 14.7 Å². The van der Waals surface area contributed by atoms with Gasteiger partial charge in [-0.05, 0) is 24.8 Å². The fourth-order valence-corrected chi connectivity index (χ4v) is 2.83. The Labute approximate surface area is 96.1 Å². The minimum absolute atomic E-state index is 0.0318. The summed E-state index contributed by atoms with van der Waals surface area (Å²) in [7, 11) is 0. The molecule has 2 aromatic rings. The van der Waals surface area contributed by atoms with E-state index < -0.39 is 5.97 Å². The van der Waals surface area contributed by atoms with Gasteiger partial charge >= 0.3 is 5.97 Å². The maximum atomic E-state index is 11.5. The van der Waals surface area contributed by atoms with E-state index in [9.17, 15) is 9.59 Å². The van der Waals surface area contributed by atoms with Gasteiger partial charge in [-0.2, -0.15) is 0 Å². The number of aromatic nitrogens is 1. The first-order valence-corrected chi connectivity index (χ1v) is 5.68. The predicted octanol–water partition coefficient (Wildman–Crippen LogP) is 2.30. The van der Waals surface area contributed by atoms with Gasteiger partial charge in [0.25, 0.3) is 0 Å². The van der Waals surface area contributed by atoms with E-state index in [2.05, 4.69) is 0 Å². The number of Topliss-reactive ketones (excluding diaryl/α,β-unsaturated/α-hetero) is 1. The number of hydrogen-bond acceptors (Lipinski definition) is 3. The van der Waals surface area contributed by atoms with Crippen molar-refractivity contribution in [3.05, 3.63) is 22.7 Å². The maximum absolute atomic E-state index is 11.5. The quantitative estimate of drug-likeness (QED) is 0.833. The standard InChI is InChI=1S/C11H11NO3S/c1-6-5-16-11-10(6)8(7(2)13)3-12(11)4-9(14)15/h3,5H,4H2,1-2H3,(H,14,15). The minimum Gasteiger partial charge on any atom is -0.480 e. The summed E-state index contributed by atoms with van der Waals surface area (Å²) in [5.74, 6) is -0.936. The summed E-state index contributed by atoms with van der Waals surface area (Å²) in [6, 6.07) is 0. The summed E-state index contributed by atoms with van der Waals surface area (Å²) >= 11 is 1.47. The van der Waals surface area contributed by atoms with Crippen LogP contribution >= 0.6 is 11.3 Å². The van der Waals surface area contributed by atoms with E-state index in [1.807, 2.05) is 12.3 Å². The Balaban J connectivity index is 2.68. The molecule has 0 spiro atoms. The molecule has 0 aliphatic heterocycles. The predicted molar refractivity (Wildman–Crippen MR) is 62.2 cm³/mol. The van der Waals surface area contributed by atoms with Crippen LogP contribution in [0.3, 0.4) is 0 Å². The van der Waals surface area contributed by atoms with Crippen molar-refractivity contribution in [3.63, 3.8) is 0 Å². The highest BCUT2D eigenvalue weighted by Gasteiger charge is 2.16. The van der Waals surface area contributed by atoms with Gasteiger partial charge in [0, 0.05) is 17.1 Å². The number of ketones is 1. The van der Waals surface area contributed by atoms with Crippen molar-refractivity contribution in [3.8, 4) is 0 Å². The van der Waals surface area contributed by atoms with Crippen molar-refractivity contribution in [2.45, 2.75) is 20.4 Å². The number of nitrogens with zero attached hydrogens (tertiary/aromatic N) is 1. The number of aliphatic carboxylic acids is 1. The number of thiophene rings is 1. The van der Waals surface area contributed by atoms with Crippen molar-refractivity contribution in [2.24, 2.45) is 0 Å². The lowest BCUT2D eigenvalue weighted by molar-refractivity contribution is -0.137. The second-order valence-corrected chi connectivity index (χ2v) is 4.58. The monoisotopic (exact) mass is 237 g/mol. The van der Waals surface area contributed by atoms with Crippen molar-refractivity contribution in [2.75, 3.05) is 0 Å². The van der Waals surface area contributed by atoms with Crippen molar-refractivity contribution in [1.82, 2.24) is 4.57 Å². The molecule has 0 saturated carbocycles. The number of aryl methyl sites for hydroxylation is 1. The molecule has 0 aliphatic carbocycles. The Bertz CT molecular complexity index is 579. The van der Waals surface area contributed by atoms with E-state index in [0.29, 0.717) is 5.56 Å². The number of carbonyl (C=O) groups excluding carboxylic acids is 1. The van der Waals surface area contributed by atoms with E-state index >= 15 is 0 Å². The second kappa shape index (κ2) is 3.75. The lowest BCUT2D eigenvalue weighted by Crippen LogP contribution is -2.06. The Hall–Kier alpha value is -1.62. The van der Waals surface area contributed by atoms with Crippen LogP contribution in [0.25, 0.3) is 10.2 Å². The highest BCUT2D eigenvalue weighted by atomic mass is 32.1. The molecule has 0 radical (unpaired) electrons. The molecular formula is C11H11NO3S. The van der Waals surface area contributed by atoms with Gasteiger partial charge in [-0.25, -0.2) is 0 Å². The largest absolute Gasteiger partial charge is 0.480 e. The number of fused-ring (bicyclic) bond motifs is 1. The fraction of sp³-hybridized carbons (Fsp3) is 0.273. The minimum atomic E-state index is -0.905. The molecule has 0 aromatic carbocycles. The molecule has 2 aromatic heterocycles. The molecule has 2 heterocycles. The molecule has 4 nitrogen and oxygen atoms in total. The molecule has 5 heteroatoms. The lowest BCUT2D eigenvalue weighted by atomic mass is 10.1. The Kier molecular flexibility index (Phi) is 2.55. The molecule has 0 unspecified atom stereocenters. The van der Waals surface area contributed by atoms with Crippen LogP contribution in [-0.2, 0) is 11.3 Å². The SMILES string of the molecule is CC(=O)c1cn(CC(=O)O)c2scc(C)c12. The van der Waals surface area contributed by atoms with Gasteiger partial charge in [-0.15, -0.1) is 11.3 Å². The van der Waals surface area contributed by atoms with E-state index in [-0.39, 0.29) is 12.3 Å². The number of carboxylic acid groups (broad SMARTS) is 1. The molecule has 0 fully saturated rings. The summed E-state index contributed by atoms with van der Waals surface area (Å²) in [4.78, 5) is 23.0. The number of rotatable bonds is 3. The summed E-state index contributed by atoms with van der Waals surface area (Å²) in [5.41, 5.74) is 1.63. The zero-order chi connectivity index (χ0) is 11.9. The summed E-state index contributed by atoms with van der Waals surface area (Å²) < 4.78 is 1.62. The molecule has 0 aliphatic rings. The lowest BCUT2D eigenvalue weighted by Gasteiger charge is -1.96. The summed E-state index contributed by atoms with van der Waals surface area (Å²) in [6.45, 7) is 3.32. The third kappa shape index (κ3) is 1.63. The molecule has 0 saturated heterocycles. The van der Waals surface area contributed by atoms with Gasteiger partial charge in [-0.1, -0.05) is 0 Å². The Morgan fingerprint density at radius 1 is 1.50 bits per heavy atom. The fourth-order valence-electron chi connectivity index (χ4n) is 1.78. The third-order valence-electron chi connectivity index (χ3n) is 2.46. The van der Waals surface area contributed by atoms with Crippen molar-refractivity contribution in [1.29, 1.82) is 0 Å². The molecule has 2 rings (SSSR count). The van der Waals surface area contributed by atoms with Crippen LogP contribution in [0.2, 0.25) is 0 Å². The van der Waals surface area contributed by atoms with Crippen LogP contribution in [0.1, 0.15) is 22.8 Å². The van der Waals surface area contributed by atoms with Gasteiger partial charge in [-0.3, -0.25) is 9.59 Å². The number of hydrogen-bond donors (Lipinski definition) is 1. The molecule has 0 amide bonds.